The summed E-state index contributed by atoms with van der Waals surface area (Å²) in [4.78, 5) is 23.6. The van der Waals surface area contributed by atoms with E-state index in [9.17, 15) is 9.59 Å². The van der Waals surface area contributed by atoms with Gasteiger partial charge in [-0.15, -0.1) is 0 Å². The van der Waals surface area contributed by atoms with E-state index in [1.807, 2.05) is 42.5 Å². The molecule has 1 aliphatic heterocycles. The lowest BCUT2D eigenvalue weighted by Gasteiger charge is -2.29. The summed E-state index contributed by atoms with van der Waals surface area (Å²) in [6.07, 6.45) is 1.24. The summed E-state index contributed by atoms with van der Waals surface area (Å²) in [5, 5.41) is 2.08. The van der Waals surface area contributed by atoms with Crippen LogP contribution < -0.4 is 0 Å². The third kappa shape index (κ3) is 3.09. The van der Waals surface area contributed by atoms with Gasteiger partial charge in [0.25, 0.3) is 5.79 Å². The second-order valence-electron chi connectivity index (χ2n) is 5.53. The summed E-state index contributed by atoms with van der Waals surface area (Å²) < 4.78 is 10.0. The van der Waals surface area contributed by atoms with Crippen molar-refractivity contribution in [3.8, 4) is 11.8 Å². The highest BCUT2D eigenvalue weighted by atomic mass is 16.7. The third-order valence-electron chi connectivity index (χ3n) is 3.33. The molecule has 0 atom stereocenters. The standard InChI is InChI=1S/C19H14O4/c1-19(2)22-17(20)16(18(21)23-19)12-6-10-14-9-5-8-13-7-3-4-11-15(13)14/h3-5,7-9,11-12H,1-2H3. The maximum atomic E-state index is 11.8. The van der Waals surface area contributed by atoms with Gasteiger partial charge < -0.3 is 9.47 Å². The zero-order chi connectivity index (χ0) is 16.4. The number of fused-ring (bicyclic) bond motifs is 1. The van der Waals surface area contributed by atoms with Crippen LogP contribution in [0.1, 0.15) is 19.4 Å². The first-order valence-corrected chi connectivity index (χ1v) is 7.12. The quantitative estimate of drug-likeness (QED) is 0.325. The lowest BCUT2D eigenvalue weighted by Crippen LogP contribution is -2.41. The molecule has 1 fully saturated rings. The van der Waals surface area contributed by atoms with Crippen LogP contribution in [-0.4, -0.2) is 17.7 Å². The maximum Gasteiger partial charge on any atom is 0.349 e. The molecule has 0 bridgehead atoms. The molecule has 0 aliphatic carbocycles. The molecule has 0 unspecified atom stereocenters. The van der Waals surface area contributed by atoms with Crippen molar-refractivity contribution in [1.82, 2.24) is 0 Å². The molecule has 4 nitrogen and oxygen atoms in total. The van der Waals surface area contributed by atoms with Gasteiger partial charge in [0.15, 0.2) is 5.57 Å². The van der Waals surface area contributed by atoms with E-state index >= 15 is 0 Å². The van der Waals surface area contributed by atoms with Crippen LogP contribution in [0.25, 0.3) is 10.8 Å². The minimum absolute atomic E-state index is 0.197. The van der Waals surface area contributed by atoms with Gasteiger partial charge in [-0.25, -0.2) is 9.59 Å². The van der Waals surface area contributed by atoms with Gasteiger partial charge in [-0.2, -0.15) is 0 Å². The largest absolute Gasteiger partial charge is 0.419 e. The highest BCUT2D eigenvalue weighted by Crippen LogP contribution is 2.22. The van der Waals surface area contributed by atoms with Crippen LogP contribution in [-0.2, 0) is 19.1 Å². The first kappa shape index (κ1) is 14.9. The monoisotopic (exact) mass is 306 g/mol. The van der Waals surface area contributed by atoms with Crippen molar-refractivity contribution in [3.05, 3.63) is 59.7 Å². The van der Waals surface area contributed by atoms with Crippen LogP contribution in [0.4, 0.5) is 0 Å². The molecule has 2 aromatic rings. The van der Waals surface area contributed by atoms with Crippen molar-refractivity contribution >= 4 is 22.7 Å². The molecule has 1 saturated heterocycles. The fourth-order valence-corrected chi connectivity index (χ4v) is 2.30. The summed E-state index contributed by atoms with van der Waals surface area (Å²) in [6, 6.07) is 13.6. The molecule has 0 N–H and O–H groups in total. The van der Waals surface area contributed by atoms with Crippen molar-refractivity contribution in [3.63, 3.8) is 0 Å². The summed E-state index contributed by atoms with van der Waals surface area (Å²) >= 11 is 0. The lowest BCUT2D eigenvalue weighted by atomic mass is 10.0. The van der Waals surface area contributed by atoms with E-state index in [0.717, 1.165) is 16.3 Å². The van der Waals surface area contributed by atoms with E-state index in [1.54, 1.807) is 0 Å². The zero-order valence-corrected chi connectivity index (χ0v) is 12.8. The van der Waals surface area contributed by atoms with E-state index in [0.29, 0.717) is 0 Å². The Morgan fingerprint density at radius 2 is 1.61 bits per heavy atom. The fraction of sp³-hybridized carbons (Fsp3) is 0.158. The molecule has 23 heavy (non-hydrogen) atoms. The SMILES string of the molecule is CC1(C)OC(=O)C(=CC#Cc2cccc3ccccc23)C(=O)O1. The Bertz CT molecular complexity index is 867. The van der Waals surface area contributed by atoms with Gasteiger partial charge in [0, 0.05) is 25.5 Å². The fourth-order valence-electron chi connectivity index (χ4n) is 2.30. The number of esters is 2. The summed E-state index contributed by atoms with van der Waals surface area (Å²) in [6.45, 7) is 3.00. The van der Waals surface area contributed by atoms with Crippen LogP contribution in [0.5, 0.6) is 0 Å². The van der Waals surface area contributed by atoms with Crippen LogP contribution in [0.3, 0.4) is 0 Å². The topological polar surface area (TPSA) is 52.6 Å². The second-order valence-corrected chi connectivity index (χ2v) is 5.53. The van der Waals surface area contributed by atoms with Crippen molar-refractivity contribution in [2.45, 2.75) is 19.6 Å². The van der Waals surface area contributed by atoms with Crippen LogP contribution in [0, 0.1) is 11.8 Å². The van der Waals surface area contributed by atoms with E-state index < -0.39 is 17.7 Å². The van der Waals surface area contributed by atoms with Gasteiger partial charge in [0.2, 0.25) is 0 Å². The molecule has 114 valence electrons. The minimum Gasteiger partial charge on any atom is -0.419 e. The molecule has 0 amide bonds. The van der Waals surface area contributed by atoms with Gasteiger partial charge in [0.05, 0.1) is 0 Å². The highest BCUT2D eigenvalue weighted by molar-refractivity contribution is 6.15. The van der Waals surface area contributed by atoms with Crippen LogP contribution in [0.15, 0.2) is 54.1 Å². The average Bonchev–Trinajstić information content (AvgIpc) is 2.49. The van der Waals surface area contributed by atoms with Gasteiger partial charge >= 0.3 is 11.9 Å². The van der Waals surface area contributed by atoms with Crippen molar-refractivity contribution in [2.24, 2.45) is 0 Å². The normalized spacial score (nSPS) is 16.2. The Balaban J connectivity index is 1.93. The smallest absolute Gasteiger partial charge is 0.349 e. The van der Waals surface area contributed by atoms with Gasteiger partial charge in [-0.05, 0) is 16.8 Å². The number of rotatable bonds is 0. The Kier molecular flexibility index (Phi) is 3.63. The van der Waals surface area contributed by atoms with Gasteiger partial charge in [-0.3, -0.25) is 0 Å². The molecule has 0 aromatic heterocycles. The lowest BCUT2D eigenvalue weighted by molar-refractivity contribution is -0.222. The van der Waals surface area contributed by atoms with Crippen molar-refractivity contribution in [1.29, 1.82) is 0 Å². The summed E-state index contributed by atoms with van der Waals surface area (Å²) in [5.41, 5.74) is 0.620. The first-order valence-electron chi connectivity index (χ1n) is 7.12. The predicted molar refractivity (Wildman–Crippen MR) is 85.2 cm³/mol. The Labute approximate surface area is 133 Å². The molecule has 1 heterocycles. The van der Waals surface area contributed by atoms with Crippen molar-refractivity contribution < 1.29 is 19.1 Å². The van der Waals surface area contributed by atoms with Gasteiger partial charge in [-0.1, -0.05) is 48.2 Å². The van der Waals surface area contributed by atoms with E-state index in [-0.39, 0.29) is 5.57 Å². The van der Waals surface area contributed by atoms with Crippen LogP contribution >= 0.6 is 0 Å². The molecule has 1 aliphatic rings. The Hall–Kier alpha value is -3.06. The molecular weight excluding hydrogens is 292 g/mol. The Morgan fingerprint density at radius 1 is 0.957 bits per heavy atom. The predicted octanol–water partition coefficient (Wildman–Crippen LogP) is 2.95. The number of hydrogen-bond donors (Lipinski definition) is 0. The molecule has 0 saturated carbocycles. The number of ether oxygens (including phenoxy) is 2. The molecule has 0 spiro atoms. The Morgan fingerprint density at radius 3 is 2.35 bits per heavy atom. The number of hydrogen-bond acceptors (Lipinski definition) is 4. The number of benzene rings is 2. The van der Waals surface area contributed by atoms with Crippen LogP contribution in [0.2, 0.25) is 0 Å². The van der Waals surface area contributed by atoms with E-state index in [4.69, 9.17) is 9.47 Å². The molecule has 3 rings (SSSR count). The maximum absolute atomic E-state index is 11.8. The number of carbonyl (C=O) groups excluding carboxylic acids is 2. The first-order chi connectivity index (χ1) is 11.0. The molecule has 2 aromatic carbocycles. The molecular formula is C19H14O4. The van der Waals surface area contributed by atoms with E-state index in [1.165, 1.54) is 19.9 Å². The number of allylic oxidation sites excluding steroid dienone is 1. The number of carbonyl (C=O) groups is 2. The summed E-state index contributed by atoms with van der Waals surface area (Å²) in [7, 11) is 0. The number of cyclic esters (lactones) is 2. The second kappa shape index (κ2) is 5.62. The molecule has 4 heteroatoms. The minimum atomic E-state index is -1.24. The van der Waals surface area contributed by atoms with Gasteiger partial charge in [0.1, 0.15) is 0 Å². The van der Waals surface area contributed by atoms with Crippen molar-refractivity contribution in [2.75, 3.05) is 0 Å². The molecule has 0 radical (unpaired) electrons. The zero-order valence-electron chi connectivity index (χ0n) is 12.8. The highest BCUT2D eigenvalue weighted by Gasteiger charge is 2.38. The van der Waals surface area contributed by atoms with E-state index in [2.05, 4.69) is 11.8 Å². The third-order valence-corrected chi connectivity index (χ3v) is 3.33. The summed E-state index contributed by atoms with van der Waals surface area (Å²) in [5.74, 6) is 3.00. The average molecular weight is 306 g/mol.